The van der Waals surface area contributed by atoms with E-state index in [4.69, 9.17) is 4.74 Å². The number of rotatable bonds is 5. The average molecular weight is 511 g/mol. The van der Waals surface area contributed by atoms with Gasteiger partial charge in [-0.25, -0.2) is 13.1 Å². The van der Waals surface area contributed by atoms with Crippen molar-refractivity contribution >= 4 is 37.5 Å². The van der Waals surface area contributed by atoms with Crippen LogP contribution in [0.1, 0.15) is 20.9 Å². The molecule has 1 aliphatic heterocycles. The van der Waals surface area contributed by atoms with E-state index in [2.05, 4.69) is 11.2 Å². The quantitative estimate of drug-likeness (QED) is 0.407. The van der Waals surface area contributed by atoms with E-state index in [0.29, 0.717) is 23.7 Å². The molecule has 182 valence electrons. The molecule has 0 unspecified atom stereocenters. The van der Waals surface area contributed by atoms with Crippen LogP contribution >= 0.6 is 11.3 Å². The van der Waals surface area contributed by atoms with Gasteiger partial charge >= 0.3 is 0 Å². The third-order valence-corrected chi connectivity index (χ3v) is 9.24. The number of carbonyl (C=O) groups is 1. The van der Waals surface area contributed by atoms with E-state index >= 15 is 0 Å². The molecule has 4 aromatic rings. The van der Waals surface area contributed by atoms with Gasteiger partial charge in [-0.3, -0.25) is 4.79 Å². The minimum absolute atomic E-state index is 0.0807. The number of piperazine rings is 1. The normalized spacial score (nSPS) is 15.0. The fourth-order valence-electron chi connectivity index (χ4n) is 4.27. The first-order valence-corrected chi connectivity index (χ1v) is 13.5. The Morgan fingerprint density at radius 2 is 1.71 bits per heavy atom. The van der Waals surface area contributed by atoms with E-state index in [1.54, 1.807) is 29.2 Å². The van der Waals surface area contributed by atoms with Crippen molar-refractivity contribution in [2.24, 2.45) is 0 Å². The van der Waals surface area contributed by atoms with Crippen molar-refractivity contribution in [3.63, 3.8) is 0 Å². The number of sulfonamides is 1. The van der Waals surface area contributed by atoms with Crippen molar-refractivity contribution in [3.05, 3.63) is 70.7 Å². The van der Waals surface area contributed by atoms with Crippen LogP contribution in [0.25, 0.3) is 15.9 Å². The van der Waals surface area contributed by atoms with Crippen molar-refractivity contribution in [1.82, 2.24) is 19.0 Å². The molecule has 2 aromatic heterocycles. The number of benzene rings is 2. The highest BCUT2D eigenvalue weighted by Crippen LogP contribution is 2.32. The number of hydrogen-bond donors (Lipinski definition) is 0. The molecule has 5 rings (SSSR count). The summed E-state index contributed by atoms with van der Waals surface area (Å²) in [5.74, 6) is 0.520. The van der Waals surface area contributed by atoms with E-state index < -0.39 is 10.0 Å². The van der Waals surface area contributed by atoms with Crippen molar-refractivity contribution in [2.75, 3.05) is 33.3 Å². The highest BCUT2D eigenvalue weighted by molar-refractivity contribution is 7.89. The molecule has 0 aliphatic carbocycles. The largest absolute Gasteiger partial charge is 0.497 e. The predicted octanol–water partition coefficient (Wildman–Crippen LogP) is 3.86. The Morgan fingerprint density at radius 3 is 2.37 bits per heavy atom. The summed E-state index contributed by atoms with van der Waals surface area (Å²) in [6, 6.07) is 16.4. The Balaban J connectivity index is 1.33. The monoisotopic (exact) mass is 510 g/mol. The van der Waals surface area contributed by atoms with E-state index in [0.717, 1.165) is 27.2 Å². The Bertz CT molecular complexity index is 1500. The molecule has 3 heterocycles. The number of methoxy groups -OCH3 is 1. The molecule has 35 heavy (non-hydrogen) atoms. The number of aryl methyl sites for hydroxylation is 2. The van der Waals surface area contributed by atoms with Crippen molar-refractivity contribution in [1.29, 1.82) is 0 Å². The maximum absolute atomic E-state index is 13.3. The van der Waals surface area contributed by atoms with Crippen LogP contribution in [0.5, 0.6) is 5.75 Å². The van der Waals surface area contributed by atoms with E-state index in [9.17, 15) is 13.2 Å². The first kappa shape index (κ1) is 23.5. The Kier molecular flexibility index (Phi) is 6.12. The number of fused-ring (bicyclic) bond motifs is 1. The van der Waals surface area contributed by atoms with Gasteiger partial charge in [0.15, 0.2) is 0 Å². The molecule has 0 atom stereocenters. The lowest BCUT2D eigenvalue weighted by atomic mass is 10.2. The summed E-state index contributed by atoms with van der Waals surface area (Å²) >= 11 is 1.42. The molecule has 2 aromatic carbocycles. The second kappa shape index (κ2) is 9.10. The van der Waals surface area contributed by atoms with Crippen LogP contribution in [0, 0.1) is 13.8 Å². The number of aromatic nitrogens is 2. The van der Waals surface area contributed by atoms with Gasteiger partial charge in [0.05, 0.1) is 28.3 Å². The first-order valence-electron chi connectivity index (χ1n) is 11.3. The van der Waals surface area contributed by atoms with Crippen LogP contribution in [-0.4, -0.2) is 66.6 Å². The Labute approximate surface area is 208 Å². The molecule has 10 heteroatoms. The van der Waals surface area contributed by atoms with Crippen LogP contribution in [0.15, 0.2) is 59.5 Å². The van der Waals surface area contributed by atoms with E-state index in [1.165, 1.54) is 22.8 Å². The molecule has 1 fully saturated rings. The molecule has 1 amide bonds. The molecular weight excluding hydrogens is 484 g/mol. The maximum Gasteiger partial charge on any atom is 0.264 e. The Hall–Kier alpha value is -3.21. The number of nitrogens with zero attached hydrogens (tertiary/aromatic N) is 4. The van der Waals surface area contributed by atoms with Crippen molar-refractivity contribution in [3.8, 4) is 11.4 Å². The molecule has 1 saturated heterocycles. The Morgan fingerprint density at radius 1 is 1.00 bits per heavy atom. The second-order valence-corrected chi connectivity index (χ2v) is 11.5. The zero-order valence-corrected chi connectivity index (χ0v) is 21.4. The molecule has 0 spiro atoms. The fourth-order valence-corrected chi connectivity index (χ4v) is 6.84. The van der Waals surface area contributed by atoms with Crippen LogP contribution in [-0.2, 0) is 10.0 Å². The zero-order valence-electron chi connectivity index (χ0n) is 19.8. The lowest BCUT2D eigenvalue weighted by Crippen LogP contribution is -2.50. The molecule has 1 aliphatic rings. The number of carbonyl (C=O) groups excluding carboxylic acids is 1. The number of hydrogen-bond acceptors (Lipinski definition) is 6. The summed E-state index contributed by atoms with van der Waals surface area (Å²) in [6.45, 7) is 5.16. The molecule has 0 bridgehead atoms. The van der Waals surface area contributed by atoms with Crippen LogP contribution in [0.3, 0.4) is 0 Å². The topological polar surface area (TPSA) is 84.7 Å². The maximum atomic E-state index is 13.3. The van der Waals surface area contributed by atoms with Crippen molar-refractivity contribution < 1.29 is 17.9 Å². The molecule has 0 radical (unpaired) electrons. The van der Waals surface area contributed by atoms with Gasteiger partial charge in [-0.15, -0.1) is 11.3 Å². The first-order chi connectivity index (χ1) is 16.8. The minimum atomic E-state index is -3.63. The van der Waals surface area contributed by atoms with Gasteiger partial charge in [0.25, 0.3) is 5.91 Å². The van der Waals surface area contributed by atoms with Crippen molar-refractivity contribution in [2.45, 2.75) is 18.7 Å². The highest BCUT2D eigenvalue weighted by Gasteiger charge is 2.31. The van der Waals surface area contributed by atoms with Crippen LogP contribution < -0.4 is 4.74 Å². The molecule has 8 nitrogen and oxygen atoms in total. The lowest BCUT2D eigenvalue weighted by molar-refractivity contribution is 0.0703. The predicted molar refractivity (Wildman–Crippen MR) is 136 cm³/mol. The van der Waals surface area contributed by atoms with E-state index in [-0.39, 0.29) is 23.9 Å². The van der Waals surface area contributed by atoms with Crippen LogP contribution in [0.2, 0.25) is 0 Å². The van der Waals surface area contributed by atoms with Gasteiger partial charge in [-0.2, -0.15) is 9.40 Å². The standard InChI is InChI=1S/C25H26N4O4S2/c1-17-5-4-6-19(15-17)29-25-22(18(2)26-29)16-23(34-25)24(30)27-11-13-28(14-12-27)35(31,32)21-9-7-20(33-3)8-10-21/h4-10,15-16H,11-14H2,1-3H3. The third-order valence-electron chi connectivity index (χ3n) is 6.22. The third kappa shape index (κ3) is 4.33. The molecule has 0 saturated carbocycles. The second-order valence-electron chi connectivity index (χ2n) is 8.54. The lowest BCUT2D eigenvalue weighted by Gasteiger charge is -2.33. The zero-order chi connectivity index (χ0) is 24.7. The average Bonchev–Trinajstić information content (AvgIpc) is 3.44. The number of ether oxygens (including phenoxy) is 1. The summed E-state index contributed by atoms with van der Waals surface area (Å²) in [5, 5.41) is 5.63. The summed E-state index contributed by atoms with van der Waals surface area (Å²) in [6.07, 6.45) is 0. The number of thiophene rings is 1. The van der Waals surface area contributed by atoms with Gasteiger partial charge in [-0.1, -0.05) is 12.1 Å². The van der Waals surface area contributed by atoms with Gasteiger partial charge < -0.3 is 9.64 Å². The van der Waals surface area contributed by atoms with Gasteiger partial charge in [0.1, 0.15) is 10.6 Å². The smallest absolute Gasteiger partial charge is 0.264 e. The molecular formula is C25H26N4O4S2. The van der Waals surface area contributed by atoms with Gasteiger partial charge in [0.2, 0.25) is 10.0 Å². The van der Waals surface area contributed by atoms with Gasteiger partial charge in [0, 0.05) is 31.6 Å². The van der Waals surface area contributed by atoms with Crippen LogP contribution in [0.4, 0.5) is 0 Å². The summed E-state index contributed by atoms with van der Waals surface area (Å²) in [7, 11) is -2.09. The fraction of sp³-hybridized carbons (Fsp3) is 0.280. The van der Waals surface area contributed by atoms with E-state index in [1.807, 2.05) is 42.8 Å². The highest BCUT2D eigenvalue weighted by atomic mass is 32.2. The summed E-state index contributed by atoms with van der Waals surface area (Å²) in [4.78, 5) is 16.8. The molecule has 0 N–H and O–H groups in total. The minimum Gasteiger partial charge on any atom is -0.497 e. The SMILES string of the molecule is COc1ccc(S(=O)(=O)N2CCN(C(=O)c3cc4c(C)nn(-c5cccc(C)c5)c4s3)CC2)cc1. The van der Waals surface area contributed by atoms with Gasteiger partial charge in [-0.05, 0) is 61.9 Å². The summed E-state index contributed by atoms with van der Waals surface area (Å²) in [5.41, 5.74) is 2.97. The number of amides is 1. The summed E-state index contributed by atoms with van der Waals surface area (Å²) < 4.78 is 34.5.